The molecule has 3 aromatic rings. The van der Waals surface area contributed by atoms with Gasteiger partial charge in [-0.15, -0.1) is 5.10 Å². The van der Waals surface area contributed by atoms with E-state index in [4.69, 9.17) is 9.47 Å². The van der Waals surface area contributed by atoms with Crippen molar-refractivity contribution in [3.63, 3.8) is 0 Å². The number of hydrogen-bond donors (Lipinski definition) is 0. The predicted octanol–water partition coefficient (Wildman–Crippen LogP) is 2.37. The van der Waals surface area contributed by atoms with Crippen molar-refractivity contribution in [2.24, 2.45) is 0 Å². The van der Waals surface area contributed by atoms with Crippen LogP contribution in [0, 0.1) is 0 Å². The number of tetrazole rings is 1. The van der Waals surface area contributed by atoms with E-state index in [0.29, 0.717) is 22.4 Å². The van der Waals surface area contributed by atoms with E-state index in [-0.39, 0.29) is 0 Å². The molecule has 2 heterocycles. The average Bonchev–Trinajstić information content (AvgIpc) is 3.09. The first-order valence-corrected chi connectivity index (χ1v) is 7.83. The summed E-state index contributed by atoms with van der Waals surface area (Å²) in [6, 6.07) is 11.3. The zero-order valence-corrected chi connectivity index (χ0v) is 13.5. The summed E-state index contributed by atoms with van der Waals surface area (Å²) in [6.07, 6.45) is 1.77. The molecule has 0 saturated carbocycles. The van der Waals surface area contributed by atoms with Crippen molar-refractivity contribution in [1.29, 1.82) is 0 Å². The van der Waals surface area contributed by atoms with Gasteiger partial charge in [0, 0.05) is 30.1 Å². The molecule has 0 N–H and O–H groups in total. The zero-order chi connectivity index (χ0) is 16.1. The quantitative estimate of drug-likeness (QED) is 0.643. The van der Waals surface area contributed by atoms with Crippen molar-refractivity contribution in [1.82, 2.24) is 25.2 Å². The van der Waals surface area contributed by atoms with Gasteiger partial charge in [-0.25, -0.2) is 0 Å². The van der Waals surface area contributed by atoms with E-state index in [1.165, 1.54) is 11.8 Å². The number of methoxy groups -OCH3 is 2. The lowest BCUT2D eigenvalue weighted by Gasteiger charge is -2.09. The lowest BCUT2D eigenvalue weighted by Crippen LogP contribution is -2.01. The van der Waals surface area contributed by atoms with Crippen LogP contribution in [0.1, 0.15) is 5.69 Å². The number of thioether (sulfide) groups is 1. The number of nitrogens with zero attached hydrogens (tertiary/aromatic N) is 5. The molecule has 8 heteroatoms. The van der Waals surface area contributed by atoms with Gasteiger partial charge >= 0.3 is 0 Å². The van der Waals surface area contributed by atoms with Crippen LogP contribution in [0.3, 0.4) is 0 Å². The molecule has 0 fully saturated rings. The van der Waals surface area contributed by atoms with E-state index in [1.807, 2.05) is 30.3 Å². The number of benzene rings is 1. The highest BCUT2D eigenvalue weighted by atomic mass is 32.2. The van der Waals surface area contributed by atoms with E-state index in [9.17, 15) is 0 Å². The molecule has 1 aromatic carbocycles. The van der Waals surface area contributed by atoms with Gasteiger partial charge < -0.3 is 9.47 Å². The molecule has 0 unspecified atom stereocenters. The highest BCUT2D eigenvalue weighted by molar-refractivity contribution is 7.98. The first-order chi connectivity index (χ1) is 11.3. The molecule has 0 spiro atoms. The van der Waals surface area contributed by atoms with E-state index < -0.39 is 0 Å². The second kappa shape index (κ2) is 7.10. The minimum atomic E-state index is 0.672. The maximum Gasteiger partial charge on any atom is 0.214 e. The summed E-state index contributed by atoms with van der Waals surface area (Å²) in [5, 5.41) is 12.6. The molecule has 0 bridgehead atoms. The third-order valence-corrected chi connectivity index (χ3v) is 4.05. The fraction of sp³-hybridized carbons (Fsp3) is 0.200. The summed E-state index contributed by atoms with van der Waals surface area (Å²) in [4.78, 5) is 4.30. The van der Waals surface area contributed by atoms with E-state index in [2.05, 4.69) is 20.5 Å². The van der Waals surface area contributed by atoms with Crippen LogP contribution in [0.5, 0.6) is 11.5 Å². The van der Waals surface area contributed by atoms with Crippen molar-refractivity contribution in [3.05, 3.63) is 48.3 Å². The van der Waals surface area contributed by atoms with Crippen molar-refractivity contribution >= 4 is 11.8 Å². The summed E-state index contributed by atoms with van der Waals surface area (Å²) in [6.45, 7) is 0. The average molecular weight is 329 g/mol. The Morgan fingerprint density at radius 3 is 2.52 bits per heavy atom. The van der Waals surface area contributed by atoms with Crippen LogP contribution >= 0.6 is 11.8 Å². The Morgan fingerprint density at radius 2 is 1.87 bits per heavy atom. The van der Waals surface area contributed by atoms with E-state index >= 15 is 0 Å². The SMILES string of the molecule is COc1cc(OC)cc(-n2nnnc2SCc2ccccn2)c1. The Hall–Kier alpha value is -2.61. The van der Waals surface area contributed by atoms with Gasteiger partial charge in [-0.2, -0.15) is 4.68 Å². The minimum Gasteiger partial charge on any atom is -0.497 e. The van der Waals surface area contributed by atoms with Gasteiger partial charge in [0.2, 0.25) is 5.16 Å². The Morgan fingerprint density at radius 1 is 1.09 bits per heavy atom. The van der Waals surface area contributed by atoms with Crippen molar-refractivity contribution in [3.8, 4) is 17.2 Å². The third-order valence-electron chi connectivity index (χ3n) is 3.10. The van der Waals surface area contributed by atoms with Gasteiger partial charge in [0.25, 0.3) is 0 Å². The Labute approximate surface area is 137 Å². The molecule has 0 aliphatic rings. The smallest absolute Gasteiger partial charge is 0.214 e. The first-order valence-electron chi connectivity index (χ1n) is 6.84. The lowest BCUT2D eigenvalue weighted by molar-refractivity contribution is 0.393. The van der Waals surface area contributed by atoms with Gasteiger partial charge in [0.05, 0.1) is 25.6 Å². The lowest BCUT2D eigenvalue weighted by atomic mass is 10.3. The topological polar surface area (TPSA) is 75.0 Å². The van der Waals surface area contributed by atoms with Gasteiger partial charge in [-0.1, -0.05) is 17.8 Å². The summed E-state index contributed by atoms with van der Waals surface area (Å²) < 4.78 is 12.2. The molecule has 0 saturated heterocycles. The molecule has 2 aromatic heterocycles. The molecule has 118 valence electrons. The second-order valence-electron chi connectivity index (χ2n) is 4.55. The largest absolute Gasteiger partial charge is 0.497 e. The van der Waals surface area contributed by atoms with Crippen LogP contribution in [0.25, 0.3) is 5.69 Å². The fourth-order valence-electron chi connectivity index (χ4n) is 1.97. The maximum atomic E-state index is 5.29. The van der Waals surface area contributed by atoms with Crippen LogP contribution < -0.4 is 9.47 Å². The van der Waals surface area contributed by atoms with Crippen LogP contribution in [-0.4, -0.2) is 39.4 Å². The molecule has 7 nitrogen and oxygen atoms in total. The van der Waals surface area contributed by atoms with Gasteiger partial charge in [-0.05, 0) is 22.6 Å². The first kappa shape index (κ1) is 15.3. The number of ether oxygens (including phenoxy) is 2. The molecule has 0 aliphatic carbocycles. The summed E-state index contributed by atoms with van der Waals surface area (Å²) in [7, 11) is 3.21. The number of hydrogen-bond acceptors (Lipinski definition) is 7. The molecule has 0 amide bonds. The second-order valence-corrected chi connectivity index (χ2v) is 5.50. The molecule has 0 aliphatic heterocycles. The standard InChI is InChI=1S/C15H15N5O2S/c1-21-13-7-12(8-14(9-13)22-2)20-15(17-18-19-20)23-10-11-5-3-4-6-16-11/h3-9H,10H2,1-2H3. The van der Waals surface area contributed by atoms with Crippen LogP contribution in [-0.2, 0) is 5.75 Å². The molecular formula is C15H15N5O2S. The highest BCUT2D eigenvalue weighted by Crippen LogP contribution is 2.27. The number of aromatic nitrogens is 5. The summed E-state index contributed by atoms with van der Waals surface area (Å²) in [5.74, 6) is 2.04. The number of rotatable bonds is 6. The molecule has 0 atom stereocenters. The van der Waals surface area contributed by atoms with Crippen molar-refractivity contribution in [2.45, 2.75) is 10.9 Å². The van der Waals surface area contributed by atoms with E-state index in [1.54, 1.807) is 31.2 Å². The Balaban J connectivity index is 1.86. The van der Waals surface area contributed by atoms with Crippen LogP contribution in [0.2, 0.25) is 0 Å². The Kier molecular flexibility index (Phi) is 4.72. The maximum absolute atomic E-state index is 5.29. The third kappa shape index (κ3) is 3.59. The normalized spacial score (nSPS) is 10.5. The fourth-order valence-corrected chi connectivity index (χ4v) is 2.77. The van der Waals surface area contributed by atoms with Gasteiger partial charge in [0.1, 0.15) is 11.5 Å². The Bertz CT molecular complexity index is 756. The molecule has 23 heavy (non-hydrogen) atoms. The summed E-state index contributed by atoms with van der Waals surface area (Å²) >= 11 is 1.51. The monoisotopic (exact) mass is 329 g/mol. The van der Waals surface area contributed by atoms with Crippen LogP contribution in [0.4, 0.5) is 0 Å². The van der Waals surface area contributed by atoms with Gasteiger partial charge in [0.15, 0.2) is 0 Å². The highest BCUT2D eigenvalue weighted by Gasteiger charge is 2.12. The zero-order valence-electron chi connectivity index (χ0n) is 12.7. The number of pyridine rings is 1. The van der Waals surface area contributed by atoms with Gasteiger partial charge in [-0.3, -0.25) is 4.98 Å². The summed E-state index contributed by atoms with van der Waals surface area (Å²) in [5.41, 5.74) is 1.74. The predicted molar refractivity (Wildman–Crippen MR) is 86.1 cm³/mol. The van der Waals surface area contributed by atoms with E-state index in [0.717, 1.165) is 11.4 Å². The molecule has 0 radical (unpaired) electrons. The molecule has 3 rings (SSSR count). The van der Waals surface area contributed by atoms with Crippen molar-refractivity contribution < 1.29 is 9.47 Å². The van der Waals surface area contributed by atoms with Crippen LogP contribution in [0.15, 0.2) is 47.8 Å². The minimum absolute atomic E-state index is 0.672. The molecular weight excluding hydrogens is 314 g/mol. The van der Waals surface area contributed by atoms with Crippen molar-refractivity contribution in [2.75, 3.05) is 14.2 Å².